The van der Waals surface area contributed by atoms with Gasteiger partial charge in [-0.25, -0.2) is 4.98 Å². The minimum Gasteiger partial charge on any atom is -0.506 e. The van der Waals surface area contributed by atoms with Crippen LogP contribution in [0.3, 0.4) is 0 Å². The van der Waals surface area contributed by atoms with Gasteiger partial charge in [0, 0.05) is 18.6 Å². The number of carbonyl (C=O) groups is 2. The number of hydrogen-bond donors (Lipinski definition) is 4. The fourth-order valence-electron chi connectivity index (χ4n) is 3.79. The number of aromatic amines is 2. The lowest BCUT2D eigenvalue weighted by atomic mass is 9.96. The van der Waals surface area contributed by atoms with Crippen LogP contribution in [-0.2, 0) is 11.8 Å². The number of ketones is 1. The largest absolute Gasteiger partial charge is 0.506 e. The zero-order valence-corrected chi connectivity index (χ0v) is 16.6. The van der Waals surface area contributed by atoms with Crippen molar-refractivity contribution in [1.29, 1.82) is 0 Å². The highest BCUT2D eigenvalue weighted by Crippen LogP contribution is 2.33. The van der Waals surface area contributed by atoms with Crippen molar-refractivity contribution in [3.05, 3.63) is 80.0 Å². The van der Waals surface area contributed by atoms with Gasteiger partial charge in [0.15, 0.2) is 0 Å². The smallest absolute Gasteiger partial charge is 0.271 e. The van der Waals surface area contributed by atoms with Gasteiger partial charge in [-0.2, -0.15) is 0 Å². The van der Waals surface area contributed by atoms with Crippen molar-refractivity contribution in [2.24, 2.45) is 7.05 Å². The molecule has 158 valence electrons. The Morgan fingerprint density at radius 1 is 1.03 bits per heavy atom. The summed E-state index contributed by atoms with van der Waals surface area (Å²) in [7, 11) is 1.54. The van der Waals surface area contributed by atoms with Crippen LogP contribution in [0.2, 0.25) is 0 Å². The molecule has 4 N–H and O–H groups in total. The van der Waals surface area contributed by atoms with Crippen molar-refractivity contribution in [2.45, 2.75) is 0 Å². The van der Waals surface area contributed by atoms with Gasteiger partial charge in [-0.1, -0.05) is 12.1 Å². The average Bonchev–Trinajstić information content (AvgIpc) is 3.15. The highest BCUT2D eigenvalue weighted by molar-refractivity contribution is 6.35. The number of para-hydroxylation sites is 1. The molecule has 1 amide bonds. The number of aromatic hydroxyl groups is 1. The maximum atomic E-state index is 13.0. The number of Topliss-reactive ketones (excluding diaryl/α,β-unsaturated/α-hetero) is 1. The van der Waals surface area contributed by atoms with Crippen molar-refractivity contribution in [3.8, 4) is 17.0 Å². The normalized spacial score (nSPS) is 14.6. The number of aryl methyl sites for hydroxylation is 1. The number of rotatable bonds is 2. The van der Waals surface area contributed by atoms with E-state index in [-0.39, 0.29) is 39.5 Å². The summed E-state index contributed by atoms with van der Waals surface area (Å²) in [6, 6.07) is 9.81. The van der Waals surface area contributed by atoms with E-state index in [0.29, 0.717) is 10.9 Å². The van der Waals surface area contributed by atoms with E-state index in [1.165, 1.54) is 16.8 Å². The first-order valence-corrected chi connectivity index (χ1v) is 9.53. The van der Waals surface area contributed by atoms with Gasteiger partial charge in [0.1, 0.15) is 17.1 Å². The first-order chi connectivity index (χ1) is 15.4. The molecule has 0 aliphatic carbocycles. The molecule has 0 bridgehead atoms. The summed E-state index contributed by atoms with van der Waals surface area (Å²) >= 11 is 0. The SMILES string of the molecule is Cn1c(=O)c(-c2[nH][nH]c(=O)c2/C=C2\C(=O)Nc3ncccc3C2=O)c(O)c2ccccc21. The van der Waals surface area contributed by atoms with E-state index >= 15 is 0 Å². The van der Waals surface area contributed by atoms with Crippen LogP contribution in [0.5, 0.6) is 5.75 Å². The van der Waals surface area contributed by atoms with E-state index in [1.807, 2.05) is 0 Å². The summed E-state index contributed by atoms with van der Waals surface area (Å²) < 4.78 is 1.34. The molecule has 4 heterocycles. The molecule has 0 spiro atoms. The van der Waals surface area contributed by atoms with Crippen LogP contribution in [0.15, 0.2) is 57.8 Å². The zero-order chi connectivity index (χ0) is 22.6. The van der Waals surface area contributed by atoms with Gasteiger partial charge in [-0.05, 0) is 30.3 Å². The van der Waals surface area contributed by atoms with E-state index in [0.717, 1.165) is 6.08 Å². The predicted molar refractivity (Wildman–Crippen MR) is 116 cm³/mol. The highest BCUT2D eigenvalue weighted by atomic mass is 16.3. The summed E-state index contributed by atoms with van der Waals surface area (Å²) in [4.78, 5) is 55.0. The van der Waals surface area contributed by atoms with Gasteiger partial charge in [0.05, 0.1) is 27.9 Å². The third-order valence-electron chi connectivity index (χ3n) is 5.40. The summed E-state index contributed by atoms with van der Waals surface area (Å²) in [6.07, 6.45) is 2.54. The fourth-order valence-corrected chi connectivity index (χ4v) is 3.79. The maximum absolute atomic E-state index is 13.0. The van der Waals surface area contributed by atoms with Crippen LogP contribution in [0.25, 0.3) is 28.2 Å². The molecular formula is C22H15N5O5. The van der Waals surface area contributed by atoms with Crippen molar-refractivity contribution in [1.82, 2.24) is 19.7 Å². The topological polar surface area (TPSA) is 150 Å². The standard InChI is InChI=1S/C22H15N5O5/c1-27-14-7-3-2-5-10(14)18(29)15(22(27)32)16-12(21(31)26-25-16)9-13-17(28)11-6-4-8-23-19(11)24-20(13)30/h2-9,29H,1H3,(H,23,24,30)(H2,25,26,31)/b13-9-. The van der Waals surface area contributed by atoms with Crippen LogP contribution < -0.4 is 16.4 Å². The number of aromatic nitrogens is 4. The number of H-pyrrole nitrogens is 2. The van der Waals surface area contributed by atoms with E-state index in [2.05, 4.69) is 20.5 Å². The molecule has 0 atom stereocenters. The van der Waals surface area contributed by atoms with Gasteiger partial charge < -0.3 is 15.0 Å². The molecule has 0 saturated heterocycles. The molecule has 1 aliphatic rings. The molecule has 5 rings (SSSR count). The average molecular weight is 429 g/mol. The number of hydrogen-bond acceptors (Lipinski definition) is 6. The molecule has 0 fully saturated rings. The zero-order valence-electron chi connectivity index (χ0n) is 16.6. The van der Waals surface area contributed by atoms with Crippen molar-refractivity contribution in [3.63, 3.8) is 0 Å². The Hall–Kier alpha value is -4.73. The number of fused-ring (bicyclic) bond motifs is 2. The lowest BCUT2D eigenvalue weighted by Crippen LogP contribution is -2.28. The fraction of sp³-hybridized carbons (Fsp3) is 0.0455. The van der Waals surface area contributed by atoms with E-state index in [9.17, 15) is 24.3 Å². The second-order valence-corrected chi connectivity index (χ2v) is 7.21. The monoisotopic (exact) mass is 429 g/mol. The lowest BCUT2D eigenvalue weighted by molar-refractivity contribution is -0.112. The first-order valence-electron chi connectivity index (χ1n) is 9.53. The third kappa shape index (κ3) is 2.70. The van der Waals surface area contributed by atoms with Gasteiger partial charge >= 0.3 is 0 Å². The molecule has 1 aliphatic heterocycles. The number of nitrogens with one attached hydrogen (secondary N) is 3. The molecule has 32 heavy (non-hydrogen) atoms. The summed E-state index contributed by atoms with van der Waals surface area (Å²) in [6.45, 7) is 0. The number of benzene rings is 1. The molecule has 10 heteroatoms. The predicted octanol–water partition coefficient (Wildman–Crippen LogP) is 1.54. The maximum Gasteiger partial charge on any atom is 0.271 e. The molecule has 10 nitrogen and oxygen atoms in total. The molecule has 1 aromatic carbocycles. The number of nitrogens with zero attached hydrogens (tertiary/aromatic N) is 2. The number of carbonyl (C=O) groups excluding carboxylic acids is 2. The van der Waals surface area contributed by atoms with Gasteiger partial charge in [0.25, 0.3) is 17.0 Å². The van der Waals surface area contributed by atoms with E-state index in [1.54, 1.807) is 37.4 Å². The minimum absolute atomic E-state index is 0.0380. The Kier molecular flexibility index (Phi) is 4.16. The van der Waals surface area contributed by atoms with Gasteiger partial charge in [0.2, 0.25) is 5.78 Å². The quantitative estimate of drug-likeness (QED) is 0.280. The number of pyridine rings is 2. The van der Waals surface area contributed by atoms with Crippen LogP contribution in [0.4, 0.5) is 5.82 Å². The van der Waals surface area contributed by atoms with Gasteiger partial charge in [-0.3, -0.25) is 29.4 Å². The number of amides is 1. The molecule has 0 unspecified atom stereocenters. The molecule has 0 saturated carbocycles. The highest BCUT2D eigenvalue weighted by Gasteiger charge is 2.30. The Bertz CT molecular complexity index is 1610. The molecule has 4 aromatic rings. The summed E-state index contributed by atoms with van der Waals surface area (Å²) in [5, 5.41) is 18.7. The second kappa shape index (κ2) is 6.91. The third-order valence-corrected chi connectivity index (χ3v) is 5.40. The van der Waals surface area contributed by atoms with Crippen molar-refractivity contribution < 1.29 is 14.7 Å². The van der Waals surface area contributed by atoms with Gasteiger partial charge in [-0.15, -0.1) is 0 Å². The Morgan fingerprint density at radius 3 is 2.62 bits per heavy atom. The minimum atomic E-state index is -0.733. The Labute approximate surface area is 178 Å². The molecular weight excluding hydrogens is 414 g/mol. The Balaban J connectivity index is 1.75. The number of anilines is 1. The van der Waals surface area contributed by atoms with E-state index < -0.39 is 22.8 Å². The van der Waals surface area contributed by atoms with Crippen LogP contribution in [0.1, 0.15) is 15.9 Å². The van der Waals surface area contributed by atoms with Crippen LogP contribution in [-0.4, -0.2) is 36.5 Å². The summed E-state index contributed by atoms with van der Waals surface area (Å²) in [5.74, 6) is -1.54. The van der Waals surface area contributed by atoms with Crippen LogP contribution in [0, 0.1) is 0 Å². The van der Waals surface area contributed by atoms with Crippen molar-refractivity contribution >= 4 is 34.5 Å². The molecule has 0 radical (unpaired) electrons. The first kappa shape index (κ1) is 19.2. The van der Waals surface area contributed by atoms with Crippen molar-refractivity contribution in [2.75, 3.05) is 5.32 Å². The summed E-state index contributed by atoms with van der Waals surface area (Å²) in [5.41, 5.74) is -1.19. The Morgan fingerprint density at radius 2 is 1.81 bits per heavy atom. The van der Waals surface area contributed by atoms with Crippen LogP contribution >= 0.6 is 0 Å². The second-order valence-electron chi connectivity index (χ2n) is 7.21. The lowest BCUT2D eigenvalue weighted by Gasteiger charge is -2.16. The van der Waals surface area contributed by atoms with E-state index in [4.69, 9.17) is 0 Å². The molecule has 3 aromatic heterocycles.